The molecule has 16 nitrogen and oxygen atoms in total. The lowest BCUT2D eigenvalue weighted by molar-refractivity contribution is -0.118. The predicted molar refractivity (Wildman–Crippen MR) is 293 cm³/mol. The van der Waals surface area contributed by atoms with E-state index in [0.717, 1.165) is 40.1 Å². The molecule has 0 saturated carbocycles. The number of ether oxygens (including phenoxy) is 3. The lowest BCUT2D eigenvalue weighted by Gasteiger charge is -2.35. The van der Waals surface area contributed by atoms with Crippen molar-refractivity contribution < 1.29 is 28.2 Å². The van der Waals surface area contributed by atoms with E-state index in [1.807, 2.05) is 119 Å². The second-order valence-corrected chi connectivity index (χ2v) is 21.2. The minimum atomic E-state index is -1.05. The number of nitrogens with zero attached hydrogens (tertiary/aromatic N) is 7. The third-order valence-electron chi connectivity index (χ3n) is 9.86. The molecule has 2 unspecified atom stereocenters. The van der Waals surface area contributed by atoms with E-state index >= 15 is 0 Å². The number of hydrogen-bond acceptors (Lipinski definition) is 13. The molecule has 6 rings (SSSR count). The van der Waals surface area contributed by atoms with E-state index in [4.69, 9.17) is 88.2 Å². The largest absolute Gasteiger partial charge is 0.489 e. The standard InChI is InChI=1S/C15H18Cl2N2O3.C15H22ClNO2.C11H11Cl2NO2.C9H16ClN5/c1-8(2)21-12-7-11(9(16)6-10(12)17)19-14(20)22-13(18-19)15(3,4)5;1-5-13-8-6-7-11(2)15(13)17(14(18)9-16)12(3)10-19-4;1-7-6-16-9-5-3-2-4-8(9)14(7)11(15)10(12)13;1-5-11-7-12-6(10)13-8(14-7)15-9(2,3)4/h6-8H,1-5H3;6-8,12H,5,9-10H2,1-4H3;2-5,7,10H,6H2,1H3;5H2,1-4H3,(H2,11,12,13,14,15). The van der Waals surface area contributed by atoms with Gasteiger partial charge in [-0.25, -0.2) is 4.79 Å². The number of aromatic nitrogens is 5. The lowest BCUT2D eigenvalue weighted by atomic mass is 9.97. The predicted octanol–water partition coefficient (Wildman–Crippen LogP) is 12.2. The Balaban J connectivity index is 0.000000256. The lowest BCUT2D eigenvalue weighted by Crippen LogP contribution is -2.47. The van der Waals surface area contributed by atoms with Crippen LogP contribution in [0.1, 0.15) is 100 Å². The third-order valence-corrected chi connectivity index (χ3v) is 11.2. The Bertz CT molecular complexity index is 2620. The van der Waals surface area contributed by atoms with Gasteiger partial charge in [-0.1, -0.05) is 104 Å². The monoisotopic (exact) mass is 1120 g/mol. The molecule has 1 aliphatic heterocycles. The first kappa shape index (κ1) is 61.7. The zero-order valence-electron chi connectivity index (χ0n) is 43.3. The first-order valence-electron chi connectivity index (χ1n) is 23.2. The summed E-state index contributed by atoms with van der Waals surface area (Å²) < 4.78 is 22.6. The van der Waals surface area contributed by atoms with Gasteiger partial charge in [0.05, 0.1) is 51.9 Å². The topological polar surface area (TPSA) is 179 Å². The van der Waals surface area contributed by atoms with E-state index in [9.17, 15) is 14.4 Å². The number of aryl methyl sites for hydroxylation is 2. The fourth-order valence-corrected chi connectivity index (χ4v) is 7.81. The van der Waals surface area contributed by atoms with Crippen LogP contribution < -0.4 is 35.7 Å². The van der Waals surface area contributed by atoms with Crippen molar-refractivity contribution in [3.63, 3.8) is 0 Å². The summed E-state index contributed by atoms with van der Waals surface area (Å²) >= 11 is 35.1. The summed E-state index contributed by atoms with van der Waals surface area (Å²) in [5.41, 5.74) is 3.81. The zero-order valence-corrected chi connectivity index (χ0v) is 47.8. The van der Waals surface area contributed by atoms with Gasteiger partial charge in [0.15, 0.2) is 4.84 Å². The average molecular weight is 1120 g/mol. The Hall–Kier alpha value is -4.55. The van der Waals surface area contributed by atoms with Crippen LogP contribution in [-0.4, -0.2) is 97.9 Å². The first-order chi connectivity index (χ1) is 33.7. The molecule has 2 N–H and O–H groups in total. The second-order valence-electron chi connectivity index (χ2n) is 18.7. The van der Waals surface area contributed by atoms with Crippen LogP contribution in [0.5, 0.6) is 11.5 Å². The second kappa shape index (κ2) is 28.2. The van der Waals surface area contributed by atoms with Gasteiger partial charge in [-0.2, -0.15) is 19.6 Å². The van der Waals surface area contributed by atoms with E-state index in [1.54, 1.807) is 23.0 Å². The molecule has 0 saturated heterocycles. The van der Waals surface area contributed by atoms with Crippen molar-refractivity contribution in [2.45, 2.75) is 130 Å². The molecule has 2 amide bonds. The van der Waals surface area contributed by atoms with Crippen molar-refractivity contribution in [1.82, 2.24) is 24.7 Å². The molecule has 0 radical (unpaired) electrons. The van der Waals surface area contributed by atoms with Crippen molar-refractivity contribution in [1.29, 1.82) is 0 Å². The van der Waals surface area contributed by atoms with Gasteiger partial charge in [0.25, 0.3) is 5.91 Å². The number of carbonyl (C=O) groups excluding carboxylic acids is 2. The highest BCUT2D eigenvalue weighted by molar-refractivity contribution is 6.54. The Morgan fingerprint density at radius 1 is 0.917 bits per heavy atom. The summed E-state index contributed by atoms with van der Waals surface area (Å²) in [6.07, 6.45) is 0.814. The molecule has 72 heavy (non-hydrogen) atoms. The number of fused-ring (bicyclic) bond motifs is 1. The van der Waals surface area contributed by atoms with Crippen LogP contribution in [0.15, 0.2) is 63.8 Å². The summed E-state index contributed by atoms with van der Waals surface area (Å²) in [5.74, 6) is 1.39. The van der Waals surface area contributed by atoms with Crippen LogP contribution in [0.4, 0.5) is 23.3 Å². The van der Waals surface area contributed by atoms with Gasteiger partial charge in [0, 0.05) is 30.7 Å². The van der Waals surface area contributed by atoms with Crippen molar-refractivity contribution in [2.75, 3.05) is 53.2 Å². The van der Waals surface area contributed by atoms with Crippen LogP contribution >= 0.6 is 69.6 Å². The van der Waals surface area contributed by atoms with Gasteiger partial charge in [0.2, 0.25) is 29.0 Å². The third kappa shape index (κ3) is 18.1. The van der Waals surface area contributed by atoms with E-state index in [0.29, 0.717) is 53.2 Å². The van der Waals surface area contributed by atoms with Gasteiger partial charge in [-0.3, -0.25) is 9.59 Å². The number of benzene rings is 3. The van der Waals surface area contributed by atoms with Crippen LogP contribution in [-0.2, 0) is 26.2 Å². The Morgan fingerprint density at radius 2 is 1.57 bits per heavy atom. The summed E-state index contributed by atoms with van der Waals surface area (Å²) in [4.78, 5) is 50.6. The van der Waals surface area contributed by atoms with Crippen LogP contribution in [0.3, 0.4) is 0 Å². The molecule has 3 heterocycles. The maximum absolute atomic E-state index is 12.2. The Morgan fingerprint density at radius 3 is 2.12 bits per heavy atom. The normalized spacial score (nSPS) is 13.5. The number of nitrogens with one attached hydrogen (secondary N) is 2. The number of amides is 2. The molecule has 5 aromatic rings. The number of alkyl halides is 3. The molecule has 0 fully saturated rings. The zero-order chi connectivity index (χ0) is 54.2. The van der Waals surface area contributed by atoms with Crippen LogP contribution in [0.2, 0.25) is 15.3 Å². The summed E-state index contributed by atoms with van der Waals surface area (Å²) in [6, 6.07) is 16.4. The molecule has 396 valence electrons. The SMILES string of the molecule is CC(C)Oc1cc(-n2nc(C(C)(C)C)oc2=O)c(Cl)cc1Cl.CC1COc2ccccc2N1C(=O)C(Cl)Cl.CCNc1nc(Cl)nc(NC(C)(C)C)n1.CCc1cccc(C)c1N(C(=O)CCl)C(C)COC. The summed E-state index contributed by atoms with van der Waals surface area (Å²) in [7, 11) is 1.64. The van der Waals surface area contributed by atoms with Gasteiger partial charge < -0.3 is 39.1 Å². The van der Waals surface area contributed by atoms with Gasteiger partial charge in [0.1, 0.15) is 24.0 Å². The fourth-order valence-electron chi connectivity index (χ4n) is 6.80. The molecule has 2 atom stereocenters. The molecular weight excluding hydrogens is 1050 g/mol. The number of rotatable bonds is 13. The number of para-hydroxylation sites is 3. The highest BCUT2D eigenvalue weighted by atomic mass is 35.5. The minimum absolute atomic E-state index is 0.0223. The minimum Gasteiger partial charge on any atom is -0.489 e. The van der Waals surface area contributed by atoms with Crippen molar-refractivity contribution >= 4 is 105 Å². The molecule has 22 heteroatoms. The molecule has 0 aliphatic carbocycles. The van der Waals surface area contributed by atoms with E-state index < -0.39 is 10.6 Å². The highest BCUT2D eigenvalue weighted by Gasteiger charge is 2.32. The number of methoxy groups -OCH3 is 1. The van der Waals surface area contributed by atoms with E-state index in [-0.39, 0.29) is 57.1 Å². The molecule has 3 aromatic carbocycles. The van der Waals surface area contributed by atoms with E-state index in [1.165, 1.54) is 6.07 Å². The van der Waals surface area contributed by atoms with Crippen LogP contribution in [0, 0.1) is 6.92 Å². The maximum Gasteiger partial charge on any atom is 0.442 e. The summed E-state index contributed by atoms with van der Waals surface area (Å²) in [6.45, 7) is 27.2. The molecular formula is C50H67Cl6N9O7. The van der Waals surface area contributed by atoms with Gasteiger partial charge >= 0.3 is 5.76 Å². The average Bonchev–Trinajstić information content (AvgIpc) is 3.69. The number of carbonyl (C=O) groups is 2. The number of hydrogen-bond donors (Lipinski definition) is 2. The van der Waals surface area contributed by atoms with E-state index in [2.05, 4.69) is 43.7 Å². The molecule has 0 spiro atoms. The van der Waals surface area contributed by atoms with Gasteiger partial charge in [-0.05, 0) is 110 Å². The van der Waals surface area contributed by atoms with Crippen molar-refractivity contribution in [3.05, 3.63) is 97.5 Å². The van der Waals surface area contributed by atoms with Gasteiger partial charge in [-0.15, -0.1) is 16.7 Å². The maximum atomic E-state index is 12.2. The highest BCUT2D eigenvalue weighted by Crippen LogP contribution is 2.36. The van der Waals surface area contributed by atoms with Crippen LogP contribution in [0.25, 0.3) is 5.69 Å². The van der Waals surface area contributed by atoms with Crippen molar-refractivity contribution in [3.8, 4) is 17.2 Å². The molecule has 0 bridgehead atoms. The molecule has 2 aromatic heterocycles. The summed E-state index contributed by atoms with van der Waals surface area (Å²) in [5, 5.41) is 11.2. The van der Waals surface area contributed by atoms with Crippen molar-refractivity contribution in [2.24, 2.45) is 0 Å². The quantitative estimate of drug-likeness (QED) is 0.106. The smallest absolute Gasteiger partial charge is 0.442 e. The Kier molecular flexibility index (Phi) is 24.2. The molecule has 1 aliphatic rings. The first-order valence-corrected chi connectivity index (χ1v) is 25.7. The Labute approximate surface area is 453 Å². The number of halogens is 6. The number of anilines is 4. The fraction of sp³-hybridized carbons (Fsp3) is 0.500.